The molecule has 1 aliphatic heterocycles. The minimum absolute atomic E-state index is 0.148. The minimum atomic E-state index is 0.148. The van der Waals surface area contributed by atoms with Crippen molar-refractivity contribution in [3.63, 3.8) is 0 Å². The zero-order chi connectivity index (χ0) is 21.9. The Morgan fingerprint density at radius 2 is 1.71 bits per heavy atom. The standard InChI is InChI=1S/C26H37N3O2/c1-21(2)31-25-14-7-6-13-24(25)28-16-15-27-20-22-11-10-12-23(19-22)26(30)29-17-8-4-3-5-9-18-29/h6-7,10-14,19,21,27-28H,3-5,8-9,15-18,20H2,1-2H3. The molecule has 2 aromatic carbocycles. The molecule has 1 saturated heterocycles. The maximum atomic E-state index is 12.9. The van der Waals surface area contributed by atoms with Gasteiger partial charge < -0.3 is 20.3 Å². The lowest BCUT2D eigenvalue weighted by atomic mass is 10.1. The minimum Gasteiger partial charge on any atom is -0.489 e. The van der Waals surface area contributed by atoms with E-state index in [1.165, 1.54) is 19.3 Å². The van der Waals surface area contributed by atoms with E-state index in [1.54, 1.807) is 0 Å². The molecule has 0 atom stereocenters. The summed E-state index contributed by atoms with van der Waals surface area (Å²) in [6, 6.07) is 16.1. The van der Waals surface area contributed by atoms with E-state index in [-0.39, 0.29) is 12.0 Å². The van der Waals surface area contributed by atoms with Crippen LogP contribution in [-0.2, 0) is 6.54 Å². The molecule has 1 amide bonds. The average molecular weight is 424 g/mol. The lowest BCUT2D eigenvalue weighted by Gasteiger charge is -2.25. The Morgan fingerprint density at radius 3 is 2.48 bits per heavy atom. The van der Waals surface area contributed by atoms with Crippen LogP contribution in [0.1, 0.15) is 61.9 Å². The van der Waals surface area contributed by atoms with Gasteiger partial charge in [0.05, 0.1) is 11.8 Å². The smallest absolute Gasteiger partial charge is 0.253 e. The first kappa shape index (κ1) is 23.1. The van der Waals surface area contributed by atoms with E-state index in [0.717, 1.165) is 68.1 Å². The number of nitrogens with zero attached hydrogens (tertiary/aromatic N) is 1. The van der Waals surface area contributed by atoms with Gasteiger partial charge in [0.25, 0.3) is 5.91 Å². The number of nitrogens with one attached hydrogen (secondary N) is 2. The molecule has 0 aliphatic carbocycles. The van der Waals surface area contributed by atoms with Gasteiger partial charge in [0.1, 0.15) is 5.75 Å². The Bertz CT molecular complexity index is 814. The number of hydrogen-bond acceptors (Lipinski definition) is 4. The van der Waals surface area contributed by atoms with Crippen LogP contribution in [0.3, 0.4) is 0 Å². The Morgan fingerprint density at radius 1 is 0.968 bits per heavy atom. The molecular weight excluding hydrogens is 386 g/mol. The fourth-order valence-corrected chi connectivity index (χ4v) is 3.94. The molecule has 1 heterocycles. The molecule has 3 rings (SSSR count). The maximum absolute atomic E-state index is 12.9. The second kappa shape index (κ2) is 12.4. The number of rotatable bonds is 9. The van der Waals surface area contributed by atoms with Crippen molar-refractivity contribution in [1.82, 2.24) is 10.2 Å². The summed E-state index contributed by atoms with van der Waals surface area (Å²) in [5.41, 5.74) is 2.96. The van der Waals surface area contributed by atoms with Crippen LogP contribution in [0.4, 0.5) is 5.69 Å². The zero-order valence-electron chi connectivity index (χ0n) is 19.0. The molecule has 0 aromatic heterocycles. The third kappa shape index (κ3) is 7.59. The fraction of sp³-hybridized carbons (Fsp3) is 0.500. The lowest BCUT2D eigenvalue weighted by molar-refractivity contribution is 0.0742. The first-order chi connectivity index (χ1) is 15.1. The second-order valence-corrected chi connectivity index (χ2v) is 8.53. The van der Waals surface area contributed by atoms with Crippen molar-refractivity contribution in [3.05, 3.63) is 59.7 Å². The molecule has 2 aromatic rings. The molecule has 31 heavy (non-hydrogen) atoms. The van der Waals surface area contributed by atoms with E-state index in [0.29, 0.717) is 0 Å². The summed E-state index contributed by atoms with van der Waals surface area (Å²) < 4.78 is 5.85. The van der Waals surface area contributed by atoms with Gasteiger partial charge in [-0.3, -0.25) is 4.79 Å². The summed E-state index contributed by atoms with van der Waals surface area (Å²) in [6.07, 6.45) is 6.14. The first-order valence-electron chi connectivity index (χ1n) is 11.7. The van der Waals surface area contributed by atoms with E-state index in [4.69, 9.17) is 4.74 Å². The third-order valence-electron chi connectivity index (χ3n) is 5.51. The van der Waals surface area contributed by atoms with Gasteiger partial charge >= 0.3 is 0 Å². The van der Waals surface area contributed by atoms with E-state index in [2.05, 4.69) is 16.7 Å². The van der Waals surface area contributed by atoms with Crippen molar-refractivity contribution in [1.29, 1.82) is 0 Å². The van der Waals surface area contributed by atoms with E-state index in [1.807, 2.05) is 61.2 Å². The molecule has 5 nitrogen and oxygen atoms in total. The van der Waals surface area contributed by atoms with E-state index < -0.39 is 0 Å². The molecule has 1 fully saturated rings. The number of likely N-dealkylation sites (tertiary alicyclic amines) is 1. The zero-order valence-corrected chi connectivity index (χ0v) is 19.0. The number of amides is 1. The Balaban J connectivity index is 1.46. The van der Waals surface area contributed by atoms with Gasteiger partial charge in [-0.05, 0) is 56.5 Å². The van der Waals surface area contributed by atoms with Gasteiger partial charge in [-0.25, -0.2) is 0 Å². The molecule has 1 aliphatic rings. The highest BCUT2D eigenvalue weighted by Crippen LogP contribution is 2.24. The third-order valence-corrected chi connectivity index (χ3v) is 5.51. The van der Waals surface area contributed by atoms with Crippen LogP contribution in [0.25, 0.3) is 0 Å². The molecule has 5 heteroatoms. The highest BCUT2D eigenvalue weighted by molar-refractivity contribution is 5.94. The number of benzene rings is 2. The van der Waals surface area contributed by atoms with Gasteiger partial charge in [-0.15, -0.1) is 0 Å². The Hall–Kier alpha value is -2.53. The summed E-state index contributed by atoms with van der Waals surface area (Å²) in [7, 11) is 0. The molecular formula is C26H37N3O2. The highest BCUT2D eigenvalue weighted by atomic mass is 16.5. The fourth-order valence-electron chi connectivity index (χ4n) is 3.94. The number of carbonyl (C=O) groups excluding carboxylic acids is 1. The molecule has 0 spiro atoms. The summed E-state index contributed by atoms with van der Waals surface area (Å²) in [4.78, 5) is 15.0. The number of ether oxygens (including phenoxy) is 1. The Kier molecular flexibility index (Phi) is 9.22. The van der Waals surface area contributed by atoms with Crippen LogP contribution in [0.2, 0.25) is 0 Å². The number of carbonyl (C=O) groups is 1. The quantitative estimate of drug-likeness (QED) is 0.552. The molecule has 0 bridgehead atoms. The van der Waals surface area contributed by atoms with Crippen molar-refractivity contribution in [2.45, 2.75) is 58.6 Å². The first-order valence-corrected chi connectivity index (χ1v) is 11.7. The summed E-state index contributed by atoms with van der Waals surface area (Å²) in [5.74, 6) is 1.06. The van der Waals surface area contributed by atoms with Crippen molar-refractivity contribution >= 4 is 11.6 Å². The predicted molar refractivity (Wildman–Crippen MR) is 128 cm³/mol. The topological polar surface area (TPSA) is 53.6 Å². The van der Waals surface area contributed by atoms with Gasteiger partial charge in [-0.1, -0.05) is 43.5 Å². The van der Waals surface area contributed by atoms with Gasteiger partial charge in [-0.2, -0.15) is 0 Å². The monoisotopic (exact) mass is 423 g/mol. The molecule has 2 N–H and O–H groups in total. The number of anilines is 1. The van der Waals surface area contributed by atoms with Crippen LogP contribution in [0.5, 0.6) is 5.75 Å². The van der Waals surface area contributed by atoms with Crippen molar-refractivity contribution < 1.29 is 9.53 Å². The largest absolute Gasteiger partial charge is 0.489 e. The van der Waals surface area contributed by atoms with Crippen LogP contribution < -0.4 is 15.4 Å². The molecule has 0 unspecified atom stereocenters. The van der Waals surface area contributed by atoms with Crippen molar-refractivity contribution in [2.75, 3.05) is 31.5 Å². The van der Waals surface area contributed by atoms with Crippen LogP contribution in [-0.4, -0.2) is 43.1 Å². The molecule has 0 radical (unpaired) electrons. The summed E-state index contributed by atoms with van der Waals surface area (Å²) in [6.45, 7) is 8.19. The lowest BCUT2D eigenvalue weighted by Crippen LogP contribution is -2.33. The summed E-state index contributed by atoms with van der Waals surface area (Å²) >= 11 is 0. The van der Waals surface area contributed by atoms with Gasteiger partial charge in [0.15, 0.2) is 0 Å². The van der Waals surface area contributed by atoms with Gasteiger partial charge in [0, 0.05) is 38.3 Å². The number of para-hydroxylation sites is 2. The van der Waals surface area contributed by atoms with E-state index >= 15 is 0 Å². The Labute approximate surface area is 187 Å². The summed E-state index contributed by atoms with van der Waals surface area (Å²) in [5, 5.41) is 6.91. The molecule has 0 saturated carbocycles. The van der Waals surface area contributed by atoms with Crippen LogP contribution in [0.15, 0.2) is 48.5 Å². The normalized spacial score (nSPS) is 14.7. The second-order valence-electron chi connectivity index (χ2n) is 8.53. The van der Waals surface area contributed by atoms with Crippen LogP contribution in [0, 0.1) is 0 Å². The average Bonchev–Trinajstić information content (AvgIpc) is 2.74. The maximum Gasteiger partial charge on any atom is 0.253 e. The SMILES string of the molecule is CC(C)Oc1ccccc1NCCNCc1cccc(C(=O)N2CCCCCCC2)c1. The van der Waals surface area contributed by atoms with Gasteiger partial charge in [0.2, 0.25) is 0 Å². The molecule has 168 valence electrons. The number of hydrogen-bond donors (Lipinski definition) is 2. The highest BCUT2D eigenvalue weighted by Gasteiger charge is 2.16. The van der Waals surface area contributed by atoms with E-state index in [9.17, 15) is 4.79 Å². The van der Waals surface area contributed by atoms with Crippen LogP contribution >= 0.6 is 0 Å². The predicted octanol–water partition coefficient (Wildman–Crippen LogP) is 5.08. The van der Waals surface area contributed by atoms with Crippen molar-refractivity contribution in [3.8, 4) is 5.75 Å². The van der Waals surface area contributed by atoms with Crippen molar-refractivity contribution in [2.24, 2.45) is 0 Å².